The molecule has 0 radical (unpaired) electrons. The molecular formula is C27H34N4O4. The number of ketones is 1. The molecule has 1 unspecified atom stereocenters. The van der Waals surface area contributed by atoms with Crippen LogP contribution < -0.4 is 10.9 Å². The molecular weight excluding hydrogens is 444 g/mol. The van der Waals surface area contributed by atoms with Crippen molar-refractivity contribution in [2.24, 2.45) is 13.0 Å². The van der Waals surface area contributed by atoms with Gasteiger partial charge in [0.25, 0.3) is 5.56 Å². The fourth-order valence-electron chi connectivity index (χ4n) is 4.61. The van der Waals surface area contributed by atoms with Crippen LogP contribution >= 0.6 is 0 Å². The van der Waals surface area contributed by atoms with Crippen LogP contribution in [-0.4, -0.2) is 46.3 Å². The van der Waals surface area contributed by atoms with Gasteiger partial charge in [0, 0.05) is 33.0 Å². The Bertz CT molecular complexity index is 1260. The largest absolute Gasteiger partial charge is 0.438 e. The van der Waals surface area contributed by atoms with Crippen LogP contribution in [-0.2, 0) is 16.6 Å². The summed E-state index contributed by atoms with van der Waals surface area (Å²) in [5.74, 6) is 1.03. The Kier molecular flexibility index (Phi) is 7.80. The van der Waals surface area contributed by atoms with Crippen LogP contribution in [0.15, 0.2) is 45.7 Å². The van der Waals surface area contributed by atoms with E-state index in [9.17, 15) is 14.4 Å². The van der Waals surface area contributed by atoms with Crippen molar-refractivity contribution >= 4 is 22.6 Å². The van der Waals surface area contributed by atoms with Gasteiger partial charge in [-0.1, -0.05) is 38.0 Å². The Labute approximate surface area is 205 Å². The Morgan fingerprint density at radius 3 is 2.69 bits per heavy atom. The highest BCUT2D eigenvalue weighted by molar-refractivity contribution is 5.83. The molecule has 0 aliphatic carbocycles. The van der Waals surface area contributed by atoms with E-state index in [-0.39, 0.29) is 29.2 Å². The molecule has 1 aliphatic heterocycles. The van der Waals surface area contributed by atoms with E-state index in [0.29, 0.717) is 36.5 Å². The van der Waals surface area contributed by atoms with E-state index in [1.807, 2.05) is 44.3 Å². The second-order valence-electron chi connectivity index (χ2n) is 9.51. The SMILES string of the molecule is CCC(=O)CCCCCC(NC(=O)C1CN(C)C1)c1ncc(-c2cc3ccccc3n(C)c2=O)o1. The molecule has 8 nitrogen and oxygen atoms in total. The molecule has 3 heterocycles. The maximum absolute atomic E-state index is 13.0. The van der Waals surface area contributed by atoms with Crippen LogP contribution in [0.25, 0.3) is 22.2 Å². The van der Waals surface area contributed by atoms with Crippen LogP contribution in [0.3, 0.4) is 0 Å². The number of hydrogen-bond donors (Lipinski definition) is 1. The number of carbonyl (C=O) groups is 2. The third-order valence-corrected chi connectivity index (χ3v) is 6.81. The highest BCUT2D eigenvalue weighted by Gasteiger charge is 2.32. The molecule has 4 rings (SSSR count). The zero-order valence-corrected chi connectivity index (χ0v) is 20.8. The molecule has 0 spiro atoms. The standard InChI is InChI=1S/C27H34N4O4/c1-4-20(32)11-6-5-7-12-22(29-25(33)19-16-30(2)17-19)26-28-15-24(35-26)21-14-18-10-8-9-13-23(18)31(3)27(21)34/h8-10,13-15,19,22H,4-7,11-12,16-17H2,1-3H3,(H,29,33). The number of likely N-dealkylation sites (tertiary alicyclic amines) is 1. The summed E-state index contributed by atoms with van der Waals surface area (Å²) in [5, 5.41) is 4.05. The maximum Gasteiger partial charge on any atom is 0.261 e. The third-order valence-electron chi connectivity index (χ3n) is 6.81. The summed E-state index contributed by atoms with van der Waals surface area (Å²) in [6.45, 7) is 3.36. The minimum atomic E-state index is -0.381. The van der Waals surface area contributed by atoms with Gasteiger partial charge in [-0.15, -0.1) is 0 Å². The van der Waals surface area contributed by atoms with Gasteiger partial charge in [0.1, 0.15) is 11.8 Å². The van der Waals surface area contributed by atoms with Gasteiger partial charge in [0.15, 0.2) is 5.76 Å². The first-order chi connectivity index (χ1) is 16.9. The van der Waals surface area contributed by atoms with Crippen molar-refractivity contribution in [2.75, 3.05) is 20.1 Å². The fourth-order valence-corrected chi connectivity index (χ4v) is 4.61. The maximum atomic E-state index is 13.0. The number of hydrogen-bond acceptors (Lipinski definition) is 6. The zero-order chi connectivity index (χ0) is 24.9. The lowest BCUT2D eigenvalue weighted by atomic mass is 9.99. The van der Waals surface area contributed by atoms with Crippen molar-refractivity contribution in [1.29, 1.82) is 0 Å². The molecule has 1 atom stereocenters. The van der Waals surface area contributed by atoms with Crippen LogP contribution in [0.5, 0.6) is 0 Å². The number of nitrogens with one attached hydrogen (secondary N) is 1. The van der Waals surface area contributed by atoms with Gasteiger partial charge in [0.2, 0.25) is 11.8 Å². The zero-order valence-electron chi connectivity index (χ0n) is 20.8. The number of aromatic nitrogens is 2. The van der Waals surface area contributed by atoms with Gasteiger partial charge in [-0.3, -0.25) is 14.4 Å². The molecule has 3 aromatic rings. The number of nitrogens with zero attached hydrogens (tertiary/aromatic N) is 3. The van der Waals surface area contributed by atoms with Crippen molar-refractivity contribution in [3.8, 4) is 11.3 Å². The normalized spacial score (nSPS) is 15.2. The predicted molar refractivity (Wildman–Crippen MR) is 135 cm³/mol. The van der Waals surface area contributed by atoms with Gasteiger partial charge >= 0.3 is 0 Å². The quantitative estimate of drug-likeness (QED) is 0.421. The highest BCUT2D eigenvalue weighted by Crippen LogP contribution is 2.27. The summed E-state index contributed by atoms with van der Waals surface area (Å²) in [4.78, 5) is 43.9. The van der Waals surface area contributed by atoms with Gasteiger partial charge in [-0.2, -0.15) is 0 Å². The average Bonchev–Trinajstić information content (AvgIpc) is 3.33. The van der Waals surface area contributed by atoms with Crippen LogP contribution in [0.4, 0.5) is 0 Å². The molecule has 0 bridgehead atoms. The summed E-state index contributed by atoms with van der Waals surface area (Å²) >= 11 is 0. The number of benzene rings is 1. The second-order valence-corrected chi connectivity index (χ2v) is 9.51. The summed E-state index contributed by atoms with van der Waals surface area (Å²) < 4.78 is 7.69. The molecule has 186 valence electrons. The molecule has 35 heavy (non-hydrogen) atoms. The van der Waals surface area contributed by atoms with Crippen molar-refractivity contribution < 1.29 is 14.0 Å². The molecule has 1 fully saturated rings. The number of Topliss-reactive ketones (excluding diaryl/α,β-unsaturated/α-hetero) is 1. The summed E-state index contributed by atoms with van der Waals surface area (Å²) in [6, 6.07) is 9.14. The molecule has 2 aromatic heterocycles. The van der Waals surface area contributed by atoms with Crippen molar-refractivity contribution in [2.45, 2.75) is 51.5 Å². The van der Waals surface area contributed by atoms with Gasteiger partial charge < -0.3 is 19.2 Å². The van der Waals surface area contributed by atoms with E-state index < -0.39 is 0 Å². The second kappa shape index (κ2) is 11.0. The first-order valence-electron chi connectivity index (χ1n) is 12.4. The van der Waals surface area contributed by atoms with E-state index in [1.165, 1.54) is 0 Å². The number of rotatable bonds is 11. The summed E-state index contributed by atoms with van der Waals surface area (Å²) in [6.07, 6.45) is 5.95. The highest BCUT2D eigenvalue weighted by atomic mass is 16.4. The van der Waals surface area contributed by atoms with E-state index in [1.54, 1.807) is 17.8 Å². The third kappa shape index (κ3) is 5.70. The number of para-hydroxylation sites is 1. The number of pyridine rings is 1. The van der Waals surface area contributed by atoms with Crippen LogP contribution in [0.2, 0.25) is 0 Å². The molecule has 1 aliphatic rings. The first kappa shape index (κ1) is 24.9. The van der Waals surface area contributed by atoms with Crippen LogP contribution in [0.1, 0.15) is 57.4 Å². The van der Waals surface area contributed by atoms with Crippen LogP contribution in [0, 0.1) is 5.92 Å². The topological polar surface area (TPSA) is 97.4 Å². The summed E-state index contributed by atoms with van der Waals surface area (Å²) in [7, 11) is 3.73. The smallest absolute Gasteiger partial charge is 0.261 e. The molecule has 1 N–H and O–H groups in total. The average molecular weight is 479 g/mol. The Balaban J connectivity index is 1.52. The van der Waals surface area contributed by atoms with E-state index in [4.69, 9.17) is 4.42 Å². The summed E-state index contributed by atoms with van der Waals surface area (Å²) in [5.41, 5.74) is 1.12. The Morgan fingerprint density at radius 2 is 1.94 bits per heavy atom. The van der Waals surface area contributed by atoms with Gasteiger partial charge in [-0.25, -0.2) is 4.98 Å². The number of amides is 1. The molecule has 8 heteroatoms. The fraction of sp³-hybridized carbons (Fsp3) is 0.481. The predicted octanol–water partition coefficient (Wildman–Crippen LogP) is 3.84. The number of carbonyl (C=O) groups excluding carboxylic acids is 2. The van der Waals surface area contributed by atoms with E-state index >= 15 is 0 Å². The van der Waals surface area contributed by atoms with Gasteiger partial charge in [-0.05, 0) is 37.4 Å². The van der Waals surface area contributed by atoms with Gasteiger partial charge in [0.05, 0.1) is 23.2 Å². The Morgan fingerprint density at radius 1 is 1.17 bits per heavy atom. The van der Waals surface area contributed by atoms with Crippen molar-refractivity contribution in [3.05, 3.63) is 52.8 Å². The number of unbranched alkanes of at least 4 members (excludes halogenated alkanes) is 2. The lowest BCUT2D eigenvalue weighted by Gasteiger charge is -2.35. The van der Waals surface area contributed by atoms with Crippen molar-refractivity contribution in [3.63, 3.8) is 0 Å². The van der Waals surface area contributed by atoms with E-state index in [0.717, 1.165) is 43.3 Å². The monoisotopic (exact) mass is 478 g/mol. The number of fused-ring (bicyclic) bond motifs is 1. The first-order valence-corrected chi connectivity index (χ1v) is 12.4. The molecule has 1 amide bonds. The van der Waals surface area contributed by atoms with E-state index in [2.05, 4.69) is 15.2 Å². The molecule has 1 saturated heterocycles. The molecule has 0 saturated carbocycles. The minimum Gasteiger partial charge on any atom is -0.438 e. The van der Waals surface area contributed by atoms with Crippen molar-refractivity contribution in [1.82, 2.24) is 19.8 Å². The number of oxazole rings is 1. The lowest BCUT2D eigenvalue weighted by molar-refractivity contribution is -0.130. The minimum absolute atomic E-state index is 0.00405. The lowest BCUT2D eigenvalue weighted by Crippen LogP contribution is -2.52. The number of aryl methyl sites for hydroxylation is 1. The molecule has 1 aromatic carbocycles. The Hall–Kier alpha value is -3.26.